The summed E-state index contributed by atoms with van der Waals surface area (Å²) in [5.41, 5.74) is 0.900. The molecule has 0 aromatic carbocycles. The first-order valence-electron chi connectivity index (χ1n) is 4.59. The minimum Gasteiger partial charge on any atom is -0.316 e. The van der Waals surface area contributed by atoms with Crippen molar-refractivity contribution in [3.63, 3.8) is 0 Å². The van der Waals surface area contributed by atoms with Crippen molar-refractivity contribution >= 4 is 0 Å². The molecule has 0 amide bonds. The third-order valence-corrected chi connectivity index (χ3v) is 3.83. The number of hydrogen-bond acceptors (Lipinski definition) is 1. The fourth-order valence-corrected chi connectivity index (χ4v) is 3.05. The molecule has 2 atom stereocenters. The van der Waals surface area contributed by atoms with E-state index in [0.717, 1.165) is 17.3 Å². The summed E-state index contributed by atoms with van der Waals surface area (Å²) in [6.07, 6.45) is 6.23. The normalized spacial score (nSPS) is 48.0. The molecule has 1 heteroatoms. The van der Waals surface area contributed by atoms with E-state index < -0.39 is 0 Å². The van der Waals surface area contributed by atoms with Gasteiger partial charge in [-0.3, -0.25) is 0 Å². The predicted octanol–water partition coefficient (Wildman–Crippen LogP) is 1.40. The molecule has 3 rings (SSSR count). The largest absolute Gasteiger partial charge is 0.316 e. The van der Waals surface area contributed by atoms with Crippen molar-refractivity contribution in [2.75, 3.05) is 13.1 Å². The molecule has 1 N–H and O–H groups in total. The zero-order chi connectivity index (χ0) is 6.60. The Bertz CT molecular complexity index is 146. The van der Waals surface area contributed by atoms with Gasteiger partial charge in [0.15, 0.2) is 0 Å². The second-order valence-corrected chi connectivity index (χ2v) is 4.59. The molecule has 1 aliphatic heterocycles. The molecule has 0 radical (unpaired) electrons. The average molecular weight is 137 g/mol. The molecule has 0 aromatic rings. The van der Waals surface area contributed by atoms with E-state index in [1.807, 2.05) is 0 Å². The maximum atomic E-state index is 3.49. The quantitative estimate of drug-likeness (QED) is 0.532. The lowest BCUT2D eigenvalue weighted by Gasteiger charge is -2.05. The van der Waals surface area contributed by atoms with Gasteiger partial charge in [0, 0.05) is 0 Å². The summed E-state index contributed by atoms with van der Waals surface area (Å²) in [5, 5.41) is 3.49. The fourth-order valence-electron chi connectivity index (χ4n) is 3.05. The van der Waals surface area contributed by atoms with Crippen molar-refractivity contribution in [2.24, 2.45) is 17.3 Å². The third kappa shape index (κ3) is 0.619. The Morgan fingerprint density at radius 2 is 1.60 bits per heavy atom. The minimum atomic E-state index is 0.900. The molecule has 3 fully saturated rings. The van der Waals surface area contributed by atoms with E-state index in [1.165, 1.54) is 13.1 Å². The van der Waals surface area contributed by atoms with Crippen LogP contribution in [0.3, 0.4) is 0 Å². The van der Waals surface area contributed by atoms with Gasteiger partial charge in [0.25, 0.3) is 0 Å². The van der Waals surface area contributed by atoms with Crippen LogP contribution in [0.15, 0.2) is 0 Å². The van der Waals surface area contributed by atoms with Crippen LogP contribution in [0.5, 0.6) is 0 Å². The van der Waals surface area contributed by atoms with E-state index in [-0.39, 0.29) is 0 Å². The molecule has 56 valence electrons. The van der Waals surface area contributed by atoms with Crippen molar-refractivity contribution in [1.82, 2.24) is 5.32 Å². The van der Waals surface area contributed by atoms with E-state index in [4.69, 9.17) is 0 Å². The first-order chi connectivity index (χ1) is 4.88. The van der Waals surface area contributed by atoms with Gasteiger partial charge in [-0.15, -0.1) is 0 Å². The summed E-state index contributed by atoms with van der Waals surface area (Å²) < 4.78 is 0. The van der Waals surface area contributed by atoms with Crippen LogP contribution in [0.2, 0.25) is 0 Å². The van der Waals surface area contributed by atoms with Gasteiger partial charge in [0.2, 0.25) is 0 Å². The van der Waals surface area contributed by atoms with E-state index >= 15 is 0 Å². The Labute approximate surface area is 62.2 Å². The van der Waals surface area contributed by atoms with E-state index in [1.54, 1.807) is 25.7 Å². The molecule has 0 bridgehead atoms. The Kier molecular flexibility index (Phi) is 0.883. The lowest BCUT2D eigenvalue weighted by Crippen LogP contribution is -2.12. The third-order valence-electron chi connectivity index (χ3n) is 3.83. The van der Waals surface area contributed by atoms with Crippen molar-refractivity contribution in [3.05, 3.63) is 0 Å². The molecule has 1 spiro atoms. The van der Waals surface area contributed by atoms with Gasteiger partial charge >= 0.3 is 0 Å². The minimum absolute atomic E-state index is 0.900. The van der Waals surface area contributed by atoms with Crippen molar-refractivity contribution in [1.29, 1.82) is 0 Å². The Hall–Kier alpha value is -0.0400. The first kappa shape index (κ1) is 5.59. The van der Waals surface area contributed by atoms with Crippen LogP contribution in [-0.4, -0.2) is 13.1 Å². The summed E-state index contributed by atoms with van der Waals surface area (Å²) in [6.45, 7) is 2.65. The topological polar surface area (TPSA) is 12.0 Å². The van der Waals surface area contributed by atoms with E-state index in [0.29, 0.717) is 0 Å². The maximum absolute atomic E-state index is 3.49. The molecule has 3 aliphatic rings. The van der Waals surface area contributed by atoms with E-state index in [9.17, 15) is 0 Å². The van der Waals surface area contributed by atoms with Crippen LogP contribution in [0.1, 0.15) is 25.7 Å². The zero-order valence-corrected chi connectivity index (χ0v) is 6.40. The number of nitrogens with one attached hydrogen (secondary N) is 1. The molecule has 1 heterocycles. The van der Waals surface area contributed by atoms with Crippen molar-refractivity contribution in [2.45, 2.75) is 25.7 Å². The zero-order valence-electron chi connectivity index (χ0n) is 6.40. The highest BCUT2D eigenvalue weighted by Crippen LogP contribution is 2.62. The molecule has 2 aliphatic carbocycles. The summed E-state index contributed by atoms with van der Waals surface area (Å²) in [6, 6.07) is 0. The molecule has 10 heavy (non-hydrogen) atoms. The monoisotopic (exact) mass is 137 g/mol. The van der Waals surface area contributed by atoms with Gasteiger partial charge in [-0.05, 0) is 56.0 Å². The Morgan fingerprint density at radius 1 is 1.00 bits per heavy atom. The van der Waals surface area contributed by atoms with Crippen molar-refractivity contribution in [3.8, 4) is 0 Å². The Morgan fingerprint density at radius 3 is 2.10 bits per heavy atom. The van der Waals surface area contributed by atoms with Gasteiger partial charge in [-0.2, -0.15) is 0 Å². The summed E-state index contributed by atoms with van der Waals surface area (Å²) in [7, 11) is 0. The lowest BCUT2D eigenvalue weighted by atomic mass is 10.0. The van der Waals surface area contributed by atoms with Crippen molar-refractivity contribution < 1.29 is 0 Å². The summed E-state index contributed by atoms with van der Waals surface area (Å²) in [4.78, 5) is 0. The smallest absolute Gasteiger partial charge is 0.00171 e. The van der Waals surface area contributed by atoms with Crippen LogP contribution < -0.4 is 5.32 Å². The van der Waals surface area contributed by atoms with Gasteiger partial charge < -0.3 is 5.32 Å². The maximum Gasteiger partial charge on any atom is -0.00171 e. The molecule has 1 nitrogen and oxygen atoms in total. The highest BCUT2D eigenvalue weighted by Gasteiger charge is 2.53. The number of rotatable bonds is 0. The molecular weight excluding hydrogens is 122 g/mol. The van der Waals surface area contributed by atoms with Crippen LogP contribution >= 0.6 is 0 Å². The summed E-state index contributed by atoms with van der Waals surface area (Å²) in [5.74, 6) is 2.14. The second-order valence-electron chi connectivity index (χ2n) is 4.59. The van der Waals surface area contributed by atoms with Gasteiger partial charge in [0.1, 0.15) is 0 Å². The summed E-state index contributed by atoms with van der Waals surface area (Å²) >= 11 is 0. The van der Waals surface area contributed by atoms with Gasteiger partial charge in [-0.1, -0.05) is 0 Å². The molecule has 1 saturated heterocycles. The highest BCUT2D eigenvalue weighted by molar-refractivity contribution is 5.05. The predicted molar refractivity (Wildman–Crippen MR) is 40.8 cm³/mol. The second kappa shape index (κ2) is 1.58. The lowest BCUT2D eigenvalue weighted by molar-refractivity contribution is 0.476. The fraction of sp³-hybridized carbons (Fsp3) is 1.00. The average Bonchev–Trinajstić information content (AvgIpc) is 2.28. The highest BCUT2D eigenvalue weighted by atomic mass is 14.9. The van der Waals surface area contributed by atoms with E-state index in [2.05, 4.69) is 5.32 Å². The van der Waals surface area contributed by atoms with Crippen LogP contribution in [-0.2, 0) is 0 Å². The van der Waals surface area contributed by atoms with Crippen LogP contribution in [0.4, 0.5) is 0 Å². The molecule has 0 aromatic heterocycles. The number of hydrogen-bond donors (Lipinski definition) is 1. The molecule has 2 unspecified atom stereocenters. The molecular formula is C9H15N. The molecule has 2 saturated carbocycles. The van der Waals surface area contributed by atoms with Crippen LogP contribution in [0, 0.1) is 17.3 Å². The SMILES string of the molecule is C1NCC2CC3(CC3)CC12. The van der Waals surface area contributed by atoms with Gasteiger partial charge in [0.05, 0.1) is 0 Å². The standard InChI is InChI=1S/C9H15N/c1-2-9(1)3-7-5-10-6-8(7)4-9/h7-8,10H,1-6H2. The Balaban J connectivity index is 1.82. The van der Waals surface area contributed by atoms with Gasteiger partial charge in [-0.25, -0.2) is 0 Å². The van der Waals surface area contributed by atoms with Crippen LogP contribution in [0.25, 0.3) is 0 Å². The first-order valence-corrected chi connectivity index (χ1v) is 4.59. The number of fused-ring (bicyclic) bond motifs is 1.